The molecule has 1 N–H and O–H groups in total. The number of amides is 1. The molecule has 4 heteroatoms. The minimum atomic E-state index is -0.163. The summed E-state index contributed by atoms with van der Waals surface area (Å²) in [5.74, 6) is -0.163. The van der Waals surface area contributed by atoms with Gasteiger partial charge >= 0.3 is 0 Å². The molecule has 0 spiro atoms. The van der Waals surface area contributed by atoms with Crippen LogP contribution in [0.1, 0.15) is 31.7 Å². The van der Waals surface area contributed by atoms with Crippen LogP contribution in [0.3, 0.4) is 0 Å². The van der Waals surface area contributed by atoms with Crippen LogP contribution >= 0.6 is 11.6 Å². The molecule has 0 aliphatic rings. The van der Waals surface area contributed by atoms with E-state index in [1.54, 1.807) is 0 Å². The zero-order valence-corrected chi connectivity index (χ0v) is 11.1. The summed E-state index contributed by atoms with van der Waals surface area (Å²) in [7, 11) is 0. The van der Waals surface area contributed by atoms with Gasteiger partial charge in [0.15, 0.2) is 0 Å². The van der Waals surface area contributed by atoms with E-state index in [0.29, 0.717) is 0 Å². The zero-order chi connectivity index (χ0) is 12.8. The third-order valence-corrected chi connectivity index (χ3v) is 2.45. The first-order valence-corrected chi connectivity index (χ1v) is 6.08. The molecule has 0 saturated heterocycles. The molecule has 1 aromatic rings. The Balaban J connectivity index is 2.65. The molecule has 0 saturated carbocycles. The van der Waals surface area contributed by atoms with E-state index in [4.69, 9.17) is 16.3 Å². The van der Waals surface area contributed by atoms with Gasteiger partial charge in [0.05, 0.1) is 11.5 Å². The van der Waals surface area contributed by atoms with Crippen molar-refractivity contribution in [3.63, 3.8) is 0 Å². The summed E-state index contributed by atoms with van der Waals surface area (Å²) in [5.41, 5.74) is 1.65. The first-order valence-electron chi connectivity index (χ1n) is 5.65. The van der Waals surface area contributed by atoms with Crippen molar-refractivity contribution < 1.29 is 9.53 Å². The first-order chi connectivity index (χ1) is 8.00. The van der Waals surface area contributed by atoms with Gasteiger partial charge < -0.3 is 10.1 Å². The average molecular weight is 256 g/mol. The number of hydrogen-bond donors (Lipinski definition) is 1. The number of rotatable bonds is 5. The third kappa shape index (κ3) is 4.75. The SMILES string of the molecule is CC(C)OCC(=O)Nc1ccccc1C(C)Cl. The van der Waals surface area contributed by atoms with Crippen LogP contribution in [0.25, 0.3) is 0 Å². The molecule has 0 radical (unpaired) electrons. The molecular formula is C13H18ClNO2. The van der Waals surface area contributed by atoms with Crippen LogP contribution in [-0.4, -0.2) is 18.6 Å². The summed E-state index contributed by atoms with van der Waals surface area (Å²) in [4.78, 5) is 11.6. The summed E-state index contributed by atoms with van der Waals surface area (Å²) >= 11 is 6.04. The fraction of sp³-hybridized carbons (Fsp3) is 0.462. The number of halogens is 1. The number of para-hydroxylation sites is 1. The minimum Gasteiger partial charge on any atom is -0.369 e. The number of anilines is 1. The highest BCUT2D eigenvalue weighted by molar-refractivity contribution is 6.21. The second-order valence-corrected chi connectivity index (χ2v) is 4.77. The van der Waals surface area contributed by atoms with Gasteiger partial charge in [0.1, 0.15) is 6.61 Å². The Morgan fingerprint density at radius 2 is 2.00 bits per heavy atom. The van der Waals surface area contributed by atoms with Gasteiger partial charge in [-0.05, 0) is 32.4 Å². The second kappa shape index (κ2) is 6.62. The zero-order valence-electron chi connectivity index (χ0n) is 10.4. The van der Waals surface area contributed by atoms with Crippen molar-refractivity contribution in [3.05, 3.63) is 29.8 Å². The Labute approximate surface area is 107 Å². The number of carbonyl (C=O) groups excluding carboxylic acids is 1. The van der Waals surface area contributed by atoms with Crippen molar-refractivity contribution in [1.82, 2.24) is 0 Å². The first kappa shape index (κ1) is 14.0. The molecule has 1 rings (SSSR count). The van der Waals surface area contributed by atoms with E-state index in [1.165, 1.54) is 0 Å². The lowest BCUT2D eigenvalue weighted by molar-refractivity contribution is -0.121. The van der Waals surface area contributed by atoms with Gasteiger partial charge in [-0.2, -0.15) is 0 Å². The largest absolute Gasteiger partial charge is 0.369 e. The van der Waals surface area contributed by atoms with Crippen LogP contribution in [0.4, 0.5) is 5.69 Å². The topological polar surface area (TPSA) is 38.3 Å². The van der Waals surface area contributed by atoms with Crippen molar-refractivity contribution in [2.75, 3.05) is 11.9 Å². The predicted molar refractivity (Wildman–Crippen MR) is 70.4 cm³/mol. The van der Waals surface area contributed by atoms with E-state index in [-0.39, 0.29) is 24.0 Å². The monoisotopic (exact) mass is 255 g/mol. The Kier molecular flexibility index (Phi) is 5.45. The van der Waals surface area contributed by atoms with Gasteiger partial charge in [-0.1, -0.05) is 18.2 Å². The van der Waals surface area contributed by atoms with Gasteiger partial charge in [-0.25, -0.2) is 0 Å². The van der Waals surface area contributed by atoms with Crippen LogP contribution in [0, 0.1) is 0 Å². The lowest BCUT2D eigenvalue weighted by Crippen LogP contribution is -2.21. The Bertz CT molecular complexity index is 377. The highest BCUT2D eigenvalue weighted by atomic mass is 35.5. The second-order valence-electron chi connectivity index (χ2n) is 4.11. The van der Waals surface area contributed by atoms with E-state index in [1.807, 2.05) is 45.0 Å². The maximum absolute atomic E-state index is 11.6. The number of hydrogen-bond acceptors (Lipinski definition) is 2. The van der Waals surface area contributed by atoms with Crippen LogP contribution in [0.15, 0.2) is 24.3 Å². The summed E-state index contributed by atoms with van der Waals surface area (Å²) in [6.07, 6.45) is 0.0444. The Morgan fingerprint density at radius 3 is 2.59 bits per heavy atom. The van der Waals surface area contributed by atoms with Crippen molar-refractivity contribution in [2.45, 2.75) is 32.3 Å². The molecule has 94 valence electrons. The van der Waals surface area contributed by atoms with Crippen molar-refractivity contribution in [3.8, 4) is 0 Å². The molecule has 1 amide bonds. The molecular weight excluding hydrogens is 238 g/mol. The van der Waals surface area contributed by atoms with Gasteiger partial charge in [-0.3, -0.25) is 4.79 Å². The van der Waals surface area contributed by atoms with E-state index >= 15 is 0 Å². The van der Waals surface area contributed by atoms with Gasteiger partial charge in [0.25, 0.3) is 0 Å². The number of carbonyl (C=O) groups is 1. The van der Waals surface area contributed by atoms with Crippen molar-refractivity contribution in [2.24, 2.45) is 0 Å². The molecule has 1 unspecified atom stereocenters. The quantitative estimate of drug-likeness (QED) is 0.820. The molecule has 0 fully saturated rings. The summed E-state index contributed by atoms with van der Waals surface area (Å²) in [6.45, 7) is 5.71. The van der Waals surface area contributed by atoms with Crippen molar-refractivity contribution >= 4 is 23.2 Å². The van der Waals surface area contributed by atoms with E-state index in [9.17, 15) is 4.79 Å². The van der Waals surface area contributed by atoms with Crippen LogP contribution in [-0.2, 0) is 9.53 Å². The van der Waals surface area contributed by atoms with Gasteiger partial charge in [-0.15, -0.1) is 11.6 Å². The molecule has 0 heterocycles. The maximum atomic E-state index is 11.6. The van der Waals surface area contributed by atoms with Crippen LogP contribution in [0.2, 0.25) is 0 Å². The fourth-order valence-corrected chi connectivity index (χ4v) is 1.58. The normalized spacial score (nSPS) is 12.5. The standard InChI is InChI=1S/C13H18ClNO2/c1-9(2)17-8-13(16)15-12-7-5-4-6-11(12)10(3)14/h4-7,9-10H,8H2,1-3H3,(H,15,16). The molecule has 0 bridgehead atoms. The molecule has 17 heavy (non-hydrogen) atoms. The number of nitrogens with one attached hydrogen (secondary N) is 1. The molecule has 0 aliphatic heterocycles. The molecule has 3 nitrogen and oxygen atoms in total. The summed E-state index contributed by atoms with van der Waals surface area (Å²) < 4.78 is 5.23. The number of ether oxygens (including phenoxy) is 1. The molecule has 0 aliphatic carbocycles. The predicted octanol–water partition coefficient (Wildman–Crippen LogP) is 3.35. The molecule has 0 aromatic heterocycles. The number of alkyl halides is 1. The highest BCUT2D eigenvalue weighted by Crippen LogP contribution is 2.26. The van der Waals surface area contributed by atoms with Gasteiger partial charge in [0, 0.05) is 5.69 Å². The van der Waals surface area contributed by atoms with Crippen molar-refractivity contribution in [1.29, 1.82) is 0 Å². The summed E-state index contributed by atoms with van der Waals surface area (Å²) in [6, 6.07) is 7.49. The number of benzene rings is 1. The summed E-state index contributed by atoms with van der Waals surface area (Å²) in [5, 5.41) is 2.66. The third-order valence-electron chi connectivity index (χ3n) is 2.21. The average Bonchev–Trinajstić information content (AvgIpc) is 2.27. The van der Waals surface area contributed by atoms with Crippen LogP contribution < -0.4 is 5.32 Å². The lowest BCUT2D eigenvalue weighted by Gasteiger charge is -2.13. The maximum Gasteiger partial charge on any atom is 0.250 e. The minimum absolute atomic E-state index is 0.0444. The molecule has 1 aromatic carbocycles. The Morgan fingerprint density at radius 1 is 1.35 bits per heavy atom. The van der Waals surface area contributed by atoms with Crippen LogP contribution in [0.5, 0.6) is 0 Å². The van der Waals surface area contributed by atoms with E-state index in [2.05, 4.69) is 5.32 Å². The smallest absolute Gasteiger partial charge is 0.250 e. The fourth-order valence-electron chi connectivity index (χ4n) is 1.39. The van der Waals surface area contributed by atoms with E-state index < -0.39 is 0 Å². The Hall–Kier alpha value is -1.06. The van der Waals surface area contributed by atoms with E-state index in [0.717, 1.165) is 11.3 Å². The highest BCUT2D eigenvalue weighted by Gasteiger charge is 2.10. The lowest BCUT2D eigenvalue weighted by atomic mass is 10.1. The molecule has 1 atom stereocenters. The van der Waals surface area contributed by atoms with Gasteiger partial charge in [0.2, 0.25) is 5.91 Å².